The van der Waals surface area contributed by atoms with Gasteiger partial charge in [0.1, 0.15) is 11.8 Å². The van der Waals surface area contributed by atoms with E-state index >= 15 is 0 Å². The zero-order valence-corrected chi connectivity index (χ0v) is 11.5. The number of aromatic nitrogens is 1. The number of nitrogens with two attached hydrogens (primary N) is 1. The average Bonchev–Trinajstić information content (AvgIpc) is 2.79. The van der Waals surface area contributed by atoms with Gasteiger partial charge in [0.2, 0.25) is 5.91 Å². The van der Waals surface area contributed by atoms with Crippen molar-refractivity contribution in [3.63, 3.8) is 0 Å². The second-order valence-electron chi connectivity index (χ2n) is 3.90. The Morgan fingerprint density at radius 2 is 2.32 bits per heavy atom. The molecule has 1 unspecified atom stereocenters. The molecule has 2 rings (SSSR count). The van der Waals surface area contributed by atoms with Gasteiger partial charge in [0.05, 0.1) is 23.9 Å². The minimum atomic E-state index is -0.702. The van der Waals surface area contributed by atoms with Crippen molar-refractivity contribution in [3.05, 3.63) is 18.2 Å². The fraction of sp³-hybridized carbons (Fsp3) is 0.333. The van der Waals surface area contributed by atoms with Crippen molar-refractivity contribution in [2.45, 2.75) is 6.04 Å². The Morgan fingerprint density at radius 1 is 1.53 bits per heavy atom. The van der Waals surface area contributed by atoms with Gasteiger partial charge in [0.15, 0.2) is 5.13 Å². The third-order valence-electron chi connectivity index (χ3n) is 2.51. The average molecular weight is 281 g/mol. The van der Waals surface area contributed by atoms with Crippen LogP contribution < -0.4 is 15.8 Å². The highest BCUT2D eigenvalue weighted by Gasteiger charge is 2.15. The number of nitrogens with zero attached hydrogens (tertiary/aromatic N) is 1. The zero-order valence-electron chi connectivity index (χ0n) is 10.7. The number of nitrogens with one attached hydrogen (secondary N) is 1. The van der Waals surface area contributed by atoms with Crippen molar-refractivity contribution in [3.8, 4) is 5.75 Å². The molecule has 19 heavy (non-hydrogen) atoms. The summed E-state index contributed by atoms with van der Waals surface area (Å²) in [6.45, 7) is 0.171. The predicted octanol–water partition coefficient (Wildman–Crippen LogP) is 1.22. The fourth-order valence-corrected chi connectivity index (χ4v) is 2.44. The number of carbonyl (C=O) groups is 1. The number of hydrogen-bond donors (Lipinski definition) is 2. The third kappa shape index (κ3) is 3.19. The number of fused-ring (bicyclic) bond motifs is 1. The number of ether oxygens (including phenoxy) is 2. The van der Waals surface area contributed by atoms with Crippen LogP contribution in [0.25, 0.3) is 10.2 Å². The lowest BCUT2D eigenvalue weighted by Gasteiger charge is -2.08. The first-order chi connectivity index (χ1) is 9.13. The number of amides is 1. The number of benzene rings is 1. The SMILES string of the molecule is COCC(N)C(=O)Nc1nc2ccc(OC)cc2s1. The number of rotatable bonds is 5. The number of carbonyl (C=O) groups excluding carboxylic acids is 1. The van der Waals surface area contributed by atoms with Crippen LogP contribution in [0.15, 0.2) is 18.2 Å². The summed E-state index contributed by atoms with van der Waals surface area (Å²) >= 11 is 1.37. The first kappa shape index (κ1) is 13.7. The highest BCUT2D eigenvalue weighted by atomic mass is 32.1. The first-order valence-corrected chi connectivity index (χ1v) is 6.45. The molecule has 1 atom stereocenters. The maximum Gasteiger partial charge on any atom is 0.245 e. The number of anilines is 1. The molecule has 3 N–H and O–H groups in total. The predicted molar refractivity (Wildman–Crippen MR) is 74.7 cm³/mol. The van der Waals surface area contributed by atoms with E-state index in [9.17, 15) is 4.79 Å². The summed E-state index contributed by atoms with van der Waals surface area (Å²) < 4.78 is 10.9. The van der Waals surface area contributed by atoms with Crippen LogP contribution in [-0.2, 0) is 9.53 Å². The van der Waals surface area contributed by atoms with E-state index in [1.54, 1.807) is 7.11 Å². The van der Waals surface area contributed by atoms with Crippen LogP contribution >= 0.6 is 11.3 Å². The summed E-state index contributed by atoms with van der Waals surface area (Å²) in [4.78, 5) is 16.0. The lowest BCUT2D eigenvalue weighted by atomic mass is 10.3. The molecule has 6 nitrogen and oxygen atoms in total. The molecule has 1 aromatic carbocycles. The van der Waals surface area contributed by atoms with E-state index in [0.29, 0.717) is 5.13 Å². The first-order valence-electron chi connectivity index (χ1n) is 5.64. The van der Waals surface area contributed by atoms with Crippen molar-refractivity contribution in [1.82, 2.24) is 4.98 Å². The van der Waals surface area contributed by atoms with Crippen molar-refractivity contribution >= 4 is 32.6 Å². The Labute approximate surface area is 114 Å². The van der Waals surface area contributed by atoms with Crippen LogP contribution in [0.4, 0.5) is 5.13 Å². The van der Waals surface area contributed by atoms with Gasteiger partial charge in [-0.05, 0) is 18.2 Å². The lowest BCUT2D eigenvalue weighted by Crippen LogP contribution is -2.39. The van der Waals surface area contributed by atoms with Crippen LogP contribution in [0.1, 0.15) is 0 Å². The van der Waals surface area contributed by atoms with Crippen LogP contribution in [0.3, 0.4) is 0 Å². The number of thiazole rings is 1. The molecule has 0 aliphatic rings. The van der Waals surface area contributed by atoms with Gasteiger partial charge in [-0.15, -0.1) is 0 Å². The molecule has 2 aromatic rings. The Bertz CT molecular complexity index is 585. The Hall–Kier alpha value is -1.70. The molecule has 0 bridgehead atoms. The molecule has 1 aromatic heterocycles. The third-order valence-corrected chi connectivity index (χ3v) is 3.44. The van der Waals surface area contributed by atoms with E-state index in [4.69, 9.17) is 15.2 Å². The van der Waals surface area contributed by atoms with E-state index in [0.717, 1.165) is 16.0 Å². The number of hydrogen-bond acceptors (Lipinski definition) is 6. The van der Waals surface area contributed by atoms with Gasteiger partial charge in [-0.3, -0.25) is 4.79 Å². The molecular weight excluding hydrogens is 266 g/mol. The zero-order chi connectivity index (χ0) is 13.8. The second-order valence-corrected chi connectivity index (χ2v) is 4.93. The standard InChI is InChI=1S/C12H15N3O3S/c1-17-6-8(13)11(16)15-12-14-9-4-3-7(18-2)5-10(9)19-12/h3-5,8H,6,13H2,1-2H3,(H,14,15,16). The van der Waals surface area contributed by atoms with E-state index < -0.39 is 6.04 Å². The van der Waals surface area contributed by atoms with Crippen LogP contribution in [0.2, 0.25) is 0 Å². The van der Waals surface area contributed by atoms with E-state index in [2.05, 4.69) is 10.3 Å². The number of methoxy groups -OCH3 is 2. The smallest absolute Gasteiger partial charge is 0.245 e. The monoisotopic (exact) mass is 281 g/mol. The maximum absolute atomic E-state index is 11.7. The second kappa shape index (κ2) is 5.96. The highest BCUT2D eigenvalue weighted by molar-refractivity contribution is 7.22. The van der Waals surface area contributed by atoms with Crippen molar-refractivity contribution in [2.75, 3.05) is 26.1 Å². The molecule has 0 fully saturated rings. The summed E-state index contributed by atoms with van der Waals surface area (Å²) in [6, 6.07) is 4.84. The summed E-state index contributed by atoms with van der Waals surface area (Å²) in [7, 11) is 3.10. The molecule has 0 saturated heterocycles. The molecule has 0 aliphatic carbocycles. The van der Waals surface area contributed by atoms with Crippen LogP contribution in [0.5, 0.6) is 5.75 Å². The Balaban J connectivity index is 2.15. The van der Waals surface area contributed by atoms with Crippen LogP contribution in [-0.4, -0.2) is 37.8 Å². The maximum atomic E-state index is 11.7. The topological polar surface area (TPSA) is 86.5 Å². The summed E-state index contributed by atoms with van der Waals surface area (Å²) in [5.74, 6) is 0.443. The summed E-state index contributed by atoms with van der Waals surface area (Å²) in [6.07, 6.45) is 0. The van der Waals surface area contributed by atoms with Gasteiger partial charge in [0.25, 0.3) is 0 Å². The Morgan fingerprint density at radius 3 is 3.00 bits per heavy atom. The normalized spacial score (nSPS) is 12.4. The van der Waals surface area contributed by atoms with Crippen molar-refractivity contribution in [1.29, 1.82) is 0 Å². The van der Waals surface area contributed by atoms with Gasteiger partial charge in [-0.1, -0.05) is 11.3 Å². The molecule has 0 radical (unpaired) electrons. The molecule has 1 amide bonds. The van der Waals surface area contributed by atoms with E-state index in [1.807, 2.05) is 18.2 Å². The quantitative estimate of drug-likeness (QED) is 0.860. The molecule has 0 saturated carbocycles. The van der Waals surface area contributed by atoms with E-state index in [-0.39, 0.29) is 12.5 Å². The molecule has 0 aliphatic heterocycles. The largest absolute Gasteiger partial charge is 0.497 e. The fourth-order valence-electron chi connectivity index (χ4n) is 1.54. The summed E-state index contributed by atoms with van der Waals surface area (Å²) in [5, 5.41) is 3.19. The molecular formula is C12H15N3O3S. The molecule has 7 heteroatoms. The van der Waals surface area contributed by atoms with Gasteiger partial charge in [-0.25, -0.2) is 4.98 Å². The highest BCUT2D eigenvalue weighted by Crippen LogP contribution is 2.29. The van der Waals surface area contributed by atoms with Gasteiger partial charge >= 0.3 is 0 Å². The van der Waals surface area contributed by atoms with Gasteiger partial charge in [0, 0.05) is 7.11 Å². The van der Waals surface area contributed by atoms with Crippen molar-refractivity contribution in [2.24, 2.45) is 5.73 Å². The van der Waals surface area contributed by atoms with Crippen molar-refractivity contribution < 1.29 is 14.3 Å². The lowest BCUT2D eigenvalue weighted by molar-refractivity contribution is -0.118. The summed E-state index contributed by atoms with van der Waals surface area (Å²) in [5.41, 5.74) is 6.44. The molecule has 1 heterocycles. The van der Waals surface area contributed by atoms with Crippen LogP contribution in [0, 0.1) is 0 Å². The minimum absolute atomic E-state index is 0.171. The minimum Gasteiger partial charge on any atom is -0.497 e. The molecule has 0 spiro atoms. The Kier molecular flexibility index (Phi) is 4.31. The van der Waals surface area contributed by atoms with E-state index in [1.165, 1.54) is 18.4 Å². The van der Waals surface area contributed by atoms with Gasteiger partial charge < -0.3 is 20.5 Å². The van der Waals surface area contributed by atoms with Gasteiger partial charge in [-0.2, -0.15) is 0 Å². The molecule has 102 valence electrons.